The lowest BCUT2D eigenvalue weighted by Gasteiger charge is -2.18. The van der Waals surface area contributed by atoms with E-state index in [0.717, 1.165) is 0 Å². The van der Waals surface area contributed by atoms with E-state index in [1.807, 2.05) is 0 Å². The fourth-order valence-electron chi connectivity index (χ4n) is 1.85. The van der Waals surface area contributed by atoms with Crippen molar-refractivity contribution in [2.45, 2.75) is 25.9 Å². The Balaban J connectivity index is 2.49. The second-order valence-corrected chi connectivity index (χ2v) is 6.86. The van der Waals surface area contributed by atoms with Crippen LogP contribution in [0.25, 0.3) is 0 Å². The predicted molar refractivity (Wildman–Crippen MR) is 81.2 cm³/mol. The third kappa shape index (κ3) is 5.90. The molecule has 12 heteroatoms. The Kier molecular flexibility index (Phi) is 8.91. The summed E-state index contributed by atoms with van der Waals surface area (Å²) in [6.45, 7) is 1.78. The van der Waals surface area contributed by atoms with E-state index >= 15 is 0 Å². The third-order valence-electron chi connectivity index (χ3n) is 3.15. The number of ether oxygens (including phenoxy) is 1. The van der Waals surface area contributed by atoms with Crippen molar-refractivity contribution in [2.75, 3.05) is 20.8 Å². The van der Waals surface area contributed by atoms with Crippen LogP contribution < -0.4 is 10.1 Å². The van der Waals surface area contributed by atoms with Crippen LogP contribution in [0.2, 0.25) is 0 Å². The minimum Gasteiger partial charge on any atom is -0.404 e. The highest BCUT2D eigenvalue weighted by Crippen LogP contribution is 2.29. The molecule has 0 aromatic heterocycles. The van der Waals surface area contributed by atoms with E-state index in [9.17, 15) is 26.7 Å². The number of carbonyl (C=O) groups excluding carboxylic acids is 1. The Morgan fingerprint density at radius 1 is 1.00 bits per heavy atom. The van der Waals surface area contributed by atoms with Gasteiger partial charge in [-0.05, 0) is 19.8 Å². The highest BCUT2D eigenvalue weighted by atomic mass is 28.3. The summed E-state index contributed by atoms with van der Waals surface area (Å²) in [5.74, 6) is -12.9. The molecule has 148 valence electrons. The van der Waals surface area contributed by atoms with Gasteiger partial charge < -0.3 is 23.3 Å². The summed E-state index contributed by atoms with van der Waals surface area (Å²) in [7, 11) is 0.706. The van der Waals surface area contributed by atoms with Gasteiger partial charge in [0, 0.05) is 26.9 Å². The second-order valence-electron chi connectivity index (χ2n) is 5.06. The number of hydrogen-bond acceptors (Lipinski definition) is 5. The minimum atomic E-state index is -2.34. The number of carbonyl (C=O) groups is 1. The summed E-state index contributed by atoms with van der Waals surface area (Å²) >= 11 is 0. The molecule has 0 aliphatic heterocycles. The molecule has 26 heavy (non-hydrogen) atoms. The summed E-state index contributed by atoms with van der Waals surface area (Å²) in [5, 5.41) is 2.14. The van der Waals surface area contributed by atoms with Crippen LogP contribution in [0.1, 0.15) is 19.8 Å². The molecule has 0 radical (unpaired) electrons. The molecule has 1 aromatic carbocycles. The van der Waals surface area contributed by atoms with Gasteiger partial charge in [0.1, 0.15) is 0 Å². The van der Waals surface area contributed by atoms with Gasteiger partial charge >= 0.3 is 15.6 Å². The zero-order chi connectivity index (χ0) is 19.9. The van der Waals surface area contributed by atoms with E-state index in [4.69, 9.17) is 13.3 Å². The van der Waals surface area contributed by atoms with E-state index < -0.39 is 50.5 Å². The first-order valence-electron chi connectivity index (χ1n) is 7.41. The molecular weight excluding hydrogens is 385 g/mol. The average Bonchev–Trinajstić information content (AvgIpc) is 2.63. The van der Waals surface area contributed by atoms with Gasteiger partial charge in [0.15, 0.2) is 0 Å². The molecule has 1 atom stereocenters. The lowest BCUT2D eigenvalue weighted by molar-refractivity contribution is 0.0895. The zero-order valence-corrected chi connectivity index (χ0v) is 15.4. The third-order valence-corrected chi connectivity index (χ3v) is 4.61. The maximum absolute atomic E-state index is 13.4. The largest absolute Gasteiger partial charge is 0.483 e. The van der Waals surface area contributed by atoms with Crippen LogP contribution in [-0.4, -0.2) is 42.5 Å². The molecule has 0 saturated heterocycles. The molecule has 1 N–H and O–H groups in total. The smallest absolute Gasteiger partial charge is 0.404 e. The minimum absolute atomic E-state index is 0.0219. The van der Waals surface area contributed by atoms with Crippen molar-refractivity contribution in [3.63, 3.8) is 0 Å². The van der Waals surface area contributed by atoms with Crippen LogP contribution in [-0.2, 0) is 13.3 Å². The highest BCUT2D eigenvalue weighted by molar-refractivity contribution is 6.36. The van der Waals surface area contributed by atoms with Crippen LogP contribution in [0.3, 0.4) is 0 Å². The number of benzene rings is 1. The van der Waals surface area contributed by atoms with Gasteiger partial charge in [0.25, 0.3) is 0 Å². The van der Waals surface area contributed by atoms with Crippen LogP contribution in [0.15, 0.2) is 0 Å². The summed E-state index contributed by atoms with van der Waals surface area (Å²) in [6.07, 6.45) is -0.719. The summed E-state index contributed by atoms with van der Waals surface area (Å²) in [4.78, 5) is 11.5. The molecule has 0 bridgehead atoms. The lowest BCUT2D eigenvalue weighted by Crippen LogP contribution is -2.31. The van der Waals surface area contributed by atoms with Crippen molar-refractivity contribution in [1.82, 2.24) is 5.32 Å². The Morgan fingerprint density at radius 3 is 2.00 bits per heavy atom. The van der Waals surface area contributed by atoms with E-state index in [-0.39, 0.29) is 12.6 Å². The lowest BCUT2D eigenvalue weighted by atomic mass is 10.2. The molecule has 1 unspecified atom stereocenters. The molecule has 0 saturated carbocycles. The number of rotatable bonds is 9. The Bertz CT molecular complexity index is 603. The molecule has 1 aromatic rings. The maximum atomic E-state index is 13.4. The molecule has 0 fully saturated rings. The van der Waals surface area contributed by atoms with Gasteiger partial charge in [0.2, 0.25) is 34.8 Å². The Labute approximate surface area is 148 Å². The SMILES string of the molecule is CO[SiH](OC)OC(C)CCCNC(=O)Oc1c(F)c(F)c(F)c(F)c1F. The topological polar surface area (TPSA) is 66.0 Å². The van der Waals surface area contributed by atoms with Crippen LogP contribution in [0, 0.1) is 29.1 Å². The molecule has 6 nitrogen and oxygen atoms in total. The van der Waals surface area contributed by atoms with E-state index in [1.54, 1.807) is 6.92 Å². The second kappa shape index (κ2) is 10.4. The maximum Gasteiger partial charge on any atom is 0.483 e. The molecule has 0 heterocycles. The monoisotopic (exact) mass is 403 g/mol. The van der Waals surface area contributed by atoms with Crippen molar-refractivity contribution in [3.05, 3.63) is 29.1 Å². The van der Waals surface area contributed by atoms with Gasteiger partial charge in [-0.2, -0.15) is 8.78 Å². The van der Waals surface area contributed by atoms with Crippen molar-refractivity contribution in [1.29, 1.82) is 0 Å². The Hall–Kier alpha value is -1.76. The molecule has 1 amide bonds. The van der Waals surface area contributed by atoms with Gasteiger partial charge in [-0.25, -0.2) is 18.0 Å². The number of hydrogen-bond donors (Lipinski definition) is 1. The fraction of sp³-hybridized carbons (Fsp3) is 0.500. The van der Waals surface area contributed by atoms with E-state index in [1.165, 1.54) is 14.2 Å². The summed E-state index contributed by atoms with van der Waals surface area (Å²) in [6, 6.07) is 0. The van der Waals surface area contributed by atoms with Crippen LogP contribution in [0.4, 0.5) is 26.7 Å². The quantitative estimate of drug-likeness (QED) is 0.226. The molecule has 0 aliphatic rings. The van der Waals surface area contributed by atoms with Crippen molar-refractivity contribution >= 4 is 15.6 Å². The van der Waals surface area contributed by atoms with Crippen LogP contribution >= 0.6 is 0 Å². The highest BCUT2D eigenvalue weighted by Gasteiger charge is 2.28. The standard InChI is InChI=1S/C14H18F5NO5Si/c1-7(25-26(22-2)23-3)5-4-6-20-14(21)24-13-11(18)9(16)8(15)10(17)12(13)19/h7,26H,4-6H2,1-3H3,(H,20,21). The average molecular weight is 403 g/mol. The fourth-order valence-corrected chi connectivity index (χ4v) is 2.78. The zero-order valence-electron chi connectivity index (χ0n) is 14.2. The normalized spacial score (nSPS) is 12.3. The predicted octanol–water partition coefficient (Wildman–Crippen LogP) is 2.67. The van der Waals surface area contributed by atoms with Crippen LogP contribution in [0.5, 0.6) is 5.75 Å². The first kappa shape index (κ1) is 22.3. The van der Waals surface area contributed by atoms with Crippen molar-refractivity contribution in [3.8, 4) is 5.75 Å². The van der Waals surface area contributed by atoms with Gasteiger partial charge in [0.05, 0.1) is 0 Å². The van der Waals surface area contributed by atoms with E-state index in [2.05, 4.69) is 10.1 Å². The van der Waals surface area contributed by atoms with Gasteiger partial charge in [-0.15, -0.1) is 0 Å². The molecule has 0 spiro atoms. The summed E-state index contributed by atoms with van der Waals surface area (Å²) < 4.78 is 85.3. The van der Waals surface area contributed by atoms with Crippen molar-refractivity contribution in [2.24, 2.45) is 0 Å². The Morgan fingerprint density at radius 2 is 1.50 bits per heavy atom. The van der Waals surface area contributed by atoms with Gasteiger partial charge in [-0.1, -0.05) is 0 Å². The van der Waals surface area contributed by atoms with Gasteiger partial charge in [-0.3, -0.25) is 0 Å². The molecule has 1 rings (SSSR count). The first-order valence-corrected chi connectivity index (χ1v) is 8.82. The van der Waals surface area contributed by atoms with Crippen molar-refractivity contribution < 1.29 is 44.8 Å². The number of nitrogens with one attached hydrogen (secondary N) is 1. The summed E-state index contributed by atoms with van der Waals surface area (Å²) in [5.41, 5.74) is 0. The number of amides is 1. The molecular formula is C14H18F5NO5Si. The first-order chi connectivity index (χ1) is 12.2. The van der Waals surface area contributed by atoms with E-state index in [0.29, 0.717) is 12.8 Å². The number of halogens is 5. The molecule has 0 aliphatic carbocycles.